The lowest BCUT2D eigenvalue weighted by molar-refractivity contribution is 0.670. The maximum Gasteiger partial charge on any atom is 0.145 e. The Morgan fingerprint density at radius 3 is 1.55 bits per heavy atom. The first-order valence-corrected chi connectivity index (χ1v) is 21.9. The fourth-order valence-electron chi connectivity index (χ4n) is 9.75. The summed E-state index contributed by atoms with van der Waals surface area (Å²) in [5, 5.41) is 6.98. The van der Waals surface area contributed by atoms with Gasteiger partial charge in [-0.15, -0.1) is 0 Å². The van der Waals surface area contributed by atoms with Gasteiger partial charge in [0.1, 0.15) is 11.2 Å². The predicted molar refractivity (Wildman–Crippen MR) is 271 cm³/mol. The van der Waals surface area contributed by atoms with Crippen molar-refractivity contribution in [3.8, 4) is 55.6 Å². The summed E-state index contributed by atoms with van der Waals surface area (Å²) in [5.41, 5.74) is 16.3. The Kier molecular flexibility index (Phi) is 9.20. The van der Waals surface area contributed by atoms with Crippen LogP contribution < -0.4 is 4.90 Å². The molecule has 0 unspecified atom stereocenters. The van der Waals surface area contributed by atoms with Gasteiger partial charge in [0.15, 0.2) is 0 Å². The number of hydrogen-bond donors (Lipinski definition) is 0. The van der Waals surface area contributed by atoms with Crippen LogP contribution in [0.5, 0.6) is 0 Å². The molecular formula is C62H41NO. The van der Waals surface area contributed by atoms with Crippen molar-refractivity contribution in [2.24, 2.45) is 0 Å². The molecule has 12 aromatic rings. The minimum Gasteiger partial charge on any atom is -0.455 e. The lowest BCUT2D eigenvalue weighted by Crippen LogP contribution is -2.13. The summed E-state index contributed by atoms with van der Waals surface area (Å²) in [6.07, 6.45) is 0. The summed E-state index contributed by atoms with van der Waals surface area (Å²) < 4.78 is 7.12. The minimum atomic E-state index is 0.849. The lowest BCUT2D eigenvalue weighted by Gasteiger charge is -2.31. The third-order valence-corrected chi connectivity index (χ3v) is 12.7. The molecule has 0 radical (unpaired) electrons. The zero-order valence-corrected chi connectivity index (χ0v) is 35.0. The molecule has 0 aliphatic rings. The second-order valence-electron chi connectivity index (χ2n) is 16.4. The summed E-state index contributed by atoms with van der Waals surface area (Å²) >= 11 is 0. The van der Waals surface area contributed by atoms with Gasteiger partial charge in [-0.05, 0) is 103 Å². The van der Waals surface area contributed by atoms with Crippen LogP contribution in [0.25, 0.3) is 99.1 Å². The van der Waals surface area contributed by atoms with Crippen molar-refractivity contribution in [2.75, 3.05) is 4.90 Å². The molecule has 0 spiro atoms. The number of nitrogens with zero attached hydrogens (tertiary/aromatic N) is 1. The Labute approximate surface area is 372 Å². The Morgan fingerprint density at radius 2 is 0.797 bits per heavy atom. The minimum absolute atomic E-state index is 0.849. The Hall–Kier alpha value is -8.46. The number of para-hydroxylation sites is 2. The van der Waals surface area contributed by atoms with Gasteiger partial charge in [-0.2, -0.15) is 0 Å². The normalized spacial score (nSPS) is 11.4. The molecule has 2 nitrogen and oxygen atoms in total. The van der Waals surface area contributed by atoms with Gasteiger partial charge in [-0.1, -0.05) is 206 Å². The zero-order chi connectivity index (χ0) is 42.4. The van der Waals surface area contributed by atoms with Crippen molar-refractivity contribution in [2.45, 2.75) is 0 Å². The molecule has 300 valence electrons. The van der Waals surface area contributed by atoms with E-state index in [9.17, 15) is 0 Å². The monoisotopic (exact) mass is 815 g/mol. The number of rotatable bonds is 8. The van der Waals surface area contributed by atoms with E-state index in [-0.39, 0.29) is 0 Å². The first-order chi connectivity index (χ1) is 31.8. The van der Waals surface area contributed by atoms with Crippen LogP contribution >= 0.6 is 0 Å². The highest BCUT2D eigenvalue weighted by Gasteiger charge is 2.27. The highest BCUT2D eigenvalue weighted by atomic mass is 16.3. The summed E-state index contributed by atoms with van der Waals surface area (Å²) in [5.74, 6) is 0. The van der Waals surface area contributed by atoms with E-state index in [2.05, 4.69) is 254 Å². The molecule has 64 heavy (non-hydrogen) atoms. The lowest BCUT2D eigenvalue weighted by atomic mass is 9.90. The van der Waals surface area contributed by atoms with Gasteiger partial charge in [0.2, 0.25) is 0 Å². The van der Waals surface area contributed by atoms with Crippen molar-refractivity contribution >= 4 is 60.5 Å². The van der Waals surface area contributed by atoms with E-state index in [4.69, 9.17) is 4.42 Å². The second-order valence-corrected chi connectivity index (χ2v) is 16.4. The van der Waals surface area contributed by atoms with Gasteiger partial charge < -0.3 is 9.32 Å². The fourth-order valence-corrected chi connectivity index (χ4v) is 9.75. The SMILES string of the molecule is c1ccc(-c2ccc(N(c3ccccc3-c3ccccc3-c3ccccc3)c3ccc(-c4cc5ccccc5c5ccccc45)c4oc5ccccc5c34)c(-c3ccccc3)c2)cc1. The number of benzene rings is 11. The van der Waals surface area contributed by atoms with Crippen LogP contribution in [0, 0.1) is 0 Å². The molecule has 11 aromatic carbocycles. The highest BCUT2D eigenvalue weighted by molar-refractivity contribution is 6.21. The van der Waals surface area contributed by atoms with Crippen molar-refractivity contribution in [3.63, 3.8) is 0 Å². The van der Waals surface area contributed by atoms with Gasteiger partial charge in [0, 0.05) is 22.1 Å². The topological polar surface area (TPSA) is 16.4 Å². The average Bonchev–Trinajstić information content (AvgIpc) is 3.77. The summed E-state index contributed by atoms with van der Waals surface area (Å²) in [7, 11) is 0. The zero-order valence-electron chi connectivity index (χ0n) is 35.0. The molecule has 0 saturated carbocycles. The molecule has 1 heterocycles. The van der Waals surface area contributed by atoms with Gasteiger partial charge in [-0.25, -0.2) is 0 Å². The average molecular weight is 816 g/mol. The van der Waals surface area contributed by atoms with E-state index in [1.165, 1.54) is 38.2 Å². The van der Waals surface area contributed by atoms with Crippen LogP contribution in [0.4, 0.5) is 17.1 Å². The van der Waals surface area contributed by atoms with Crippen LogP contribution in [-0.4, -0.2) is 0 Å². The molecule has 0 aliphatic carbocycles. The van der Waals surface area contributed by atoms with E-state index in [1.54, 1.807) is 0 Å². The van der Waals surface area contributed by atoms with Crippen LogP contribution in [-0.2, 0) is 0 Å². The quantitative estimate of drug-likeness (QED) is 0.142. The van der Waals surface area contributed by atoms with Crippen molar-refractivity contribution in [3.05, 3.63) is 249 Å². The molecule has 0 atom stereocenters. The molecule has 0 N–H and O–H groups in total. The Bertz CT molecular complexity index is 3660. The Morgan fingerprint density at radius 1 is 0.266 bits per heavy atom. The van der Waals surface area contributed by atoms with E-state index in [0.717, 1.165) is 77.9 Å². The molecule has 0 bridgehead atoms. The molecule has 0 amide bonds. The number of anilines is 3. The number of hydrogen-bond acceptors (Lipinski definition) is 2. The summed E-state index contributed by atoms with van der Waals surface area (Å²) in [4.78, 5) is 2.49. The number of furan rings is 1. The van der Waals surface area contributed by atoms with Crippen LogP contribution in [0.2, 0.25) is 0 Å². The molecule has 0 saturated heterocycles. The number of fused-ring (bicyclic) bond motifs is 6. The smallest absolute Gasteiger partial charge is 0.145 e. The molecular weight excluding hydrogens is 775 g/mol. The largest absolute Gasteiger partial charge is 0.455 e. The van der Waals surface area contributed by atoms with Gasteiger partial charge >= 0.3 is 0 Å². The third-order valence-electron chi connectivity index (χ3n) is 12.7. The van der Waals surface area contributed by atoms with Gasteiger partial charge in [0.05, 0.1) is 22.4 Å². The van der Waals surface area contributed by atoms with Crippen molar-refractivity contribution < 1.29 is 4.42 Å². The highest BCUT2D eigenvalue weighted by Crippen LogP contribution is 2.52. The molecule has 0 aliphatic heterocycles. The standard InChI is InChI=1S/C62H41NO/c1-4-20-42(21-5-1)45-36-38-58(55(40-45)44-24-8-3-9-25-44)63(57-34-18-16-32-52(57)50-30-13-12-27-47(50)43-22-6-2-7-23-43)59-39-37-53(62-61(59)54-33-17-19-35-60(54)64-62)56-41-46-26-10-11-28-48(46)49-29-14-15-31-51(49)56/h1-41H. The van der Waals surface area contributed by atoms with Crippen molar-refractivity contribution in [1.82, 2.24) is 0 Å². The maximum absolute atomic E-state index is 7.12. The molecule has 2 heteroatoms. The van der Waals surface area contributed by atoms with Crippen LogP contribution in [0.1, 0.15) is 0 Å². The van der Waals surface area contributed by atoms with Crippen LogP contribution in [0.3, 0.4) is 0 Å². The first kappa shape index (κ1) is 37.3. The summed E-state index contributed by atoms with van der Waals surface area (Å²) in [6, 6.07) is 89.6. The van der Waals surface area contributed by atoms with Crippen LogP contribution in [0.15, 0.2) is 253 Å². The van der Waals surface area contributed by atoms with Gasteiger partial charge in [-0.3, -0.25) is 0 Å². The van der Waals surface area contributed by atoms with E-state index in [1.807, 2.05) is 0 Å². The predicted octanol–water partition coefficient (Wildman–Crippen LogP) is 17.7. The van der Waals surface area contributed by atoms with E-state index >= 15 is 0 Å². The maximum atomic E-state index is 7.12. The molecule has 12 rings (SSSR count). The van der Waals surface area contributed by atoms with E-state index in [0.29, 0.717) is 0 Å². The Balaban J connectivity index is 1.19. The van der Waals surface area contributed by atoms with Gasteiger partial charge in [0.25, 0.3) is 0 Å². The van der Waals surface area contributed by atoms with Crippen molar-refractivity contribution in [1.29, 1.82) is 0 Å². The first-order valence-electron chi connectivity index (χ1n) is 21.9. The molecule has 1 aromatic heterocycles. The van der Waals surface area contributed by atoms with E-state index < -0.39 is 0 Å². The molecule has 0 fully saturated rings. The second kappa shape index (κ2) is 15.8. The third kappa shape index (κ3) is 6.35. The summed E-state index contributed by atoms with van der Waals surface area (Å²) in [6.45, 7) is 0. The fraction of sp³-hybridized carbons (Fsp3) is 0.